The minimum atomic E-state index is -0.603. The Morgan fingerprint density at radius 1 is 0.538 bits per heavy atom. The lowest BCUT2D eigenvalue weighted by Crippen LogP contribution is -2.70. The normalized spacial score (nSPS) is 18.2. The highest BCUT2D eigenvalue weighted by Crippen LogP contribution is 2.47. The summed E-state index contributed by atoms with van der Waals surface area (Å²) in [5.41, 5.74) is 10.9. The summed E-state index contributed by atoms with van der Waals surface area (Å²) in [6.45, 7) is 4.19. The van der Waals surface area contributed by atoms with Gasteiger partial charge in [-0.25, -0.2) is 36.5 Å². The molecule has 12 heteroatoms. The van der Waals surface area contributed by atoms with Gasteiger partial charge in [0.25, 0.3) is 0 Å². The predicted molar refractivity (Wildman–Crippen MR) is 248 cm³/mol. The van der Waals surface area contributed by atoms with Crippen molar-refractivity contribution in [2.75, 3.05) is 0 Å². The number of hydrogen-bond acceptors (Lipinski definition) is 0. The summed E-state index contributed by atoms with van der Waals surface area (Å²) in [6.07, 6.45) is 54.9. The molecule has 0 radical (unpaired) electrons. The summed E-state index contributed by atoms with van der Waals surface area (Å²) in [5, 5.41) is 2.55. The number of allylic oxidation sites excluding steroid dienone is 5. The molecule has 12 nitrogen and oxygen atoms in total. The van der Waals surface area contributed by atoms with Gasteiger partial charge >= 0.3 is 5.91 Å². The Morgan fingerprint density at radius 3 is 1.58 bits per heavy atom. The molecule has 0 amide bonds. The van der Waals surface area contributed by atoms with Gasteiger partial charge in [0.05, 0.1) is 82.0 Å². The molecule has 0 aliphatic carbocycles. The van der Waals surface area contributed by atoms with Crippen LogP contribution in [0.2, 0.25) is 0 Å². The van der Waals surface area contributed by atoms with E-state index in [2.05, 4.69) is 219 Å². The van der Waals surface area contributed by atoms with Gasteiger partial charge in [-0.3, -0.25) is 0 Å². The van der Waals surface area contributed by atoms with Gasteiger partial charge in [0, 0.05) is 36.5 Å². The van der Waals surface area contributed by atoms with Crippen molar-refractivity contribution in [2.45, 2.75) is 96.3 Å². The molecular weight excluding hydrogens is 805 g/mol. The van der Waals surface area contributed by atoms with E-state index in [1.807, 2.05) is 0 Å². The molecule has 65 heavy (non-hydrogen) atoms. The maximum Gasteiger partial charge on any atom is 0.553 e. The van der Waals surface area contributed by atoms with Crippen LogP contribution in [0.3, 0.4) is 0 Å². The molecule has 6 aliphatic heterocycles. The van der Waals surface area contributed by atoms with Gasteiger partial charge in [0.1, 0.15) is 49.6 Å². The maximum absolute atomic E-state index is 2.72. The van der Waals surface area contributed by atoms with Crippen molar-refractivity contribution >= 4 is 29.7 Å². The fraction of sp³-hybridized carbons (Fsp3) is 0.396. The molecule has 1 spiro atoms. The van der Waals surface area contributed by atoms with Gasteiger partial charge in [-0.1, -0.05) is 9.15 Å². The number of imidazole rings is 4. The fourth-order valence-corrected chi connectivity index (χ4v) is 12.1. The highest BCUT2D eigenvalue weighted by atomic mass is 15.6. The summed E-state index contributed by atoms with van der Waals surface area (Å²) in [7, 11) is 8.45. The Bertz CT molecular complexity index is 3100. The van der Waals surface area contributed by atoms with Crippen LogP contribution in [0, 0.1) is 11.8 Å². The lowest BCUT2D eigenvalue weighted by atomic mass is 9.87. The second-order valence-corrected chi connectivity index (χ2v) is 19.8. The summed E-state index contributed by atoms with van der Waals surface area (Å²) in [5.74, 6) is 0.535. The third-order valence-corrected chi connectivity index (χ3v) is 15.0. The van der Waals surface area contributed by atoms with Gasteiger partial charge in [-0.05, 0) is 106 Å². The molecule has 6 aromatic heterocycles. The molecule has 6 aliphatic rings. The smallest absolute Gasteiger partial charge is 0.240 e. The van der Waals surface area contributed by atoms with Crippen molar-refractivity contribution in [3.8, 4) is 0 Å². The quantitative estimate of drug-likeness (QED) is 0.106. The van der Waals surface area contributed by atoms with Crippen LogP contribution >= 0.6 is 0 Å². The summed E-state index contributed by atoms with van der Waals surface area (Å²) in [4.78, 5) is 0. The third kappa shape index (κ3) is 6.86. The molecule has 0 bridgehead atoms. The molecule has 0 fully saturated rings. The van der Waals surface area contributed by atoms with Crippen molar-refractivity contribution in [3.05, 3.63) is 162 Å². The Labute approximate surface area is 381 Å². The zero-order chi connectivity index (χ0) is 43.8. The molecule has 330 valence electrons. The lowest BCUT2D eigenvalue weighted by Gasteiger charge is -2.38. The Balaban J connectivity index is 0.897. The average molecular weight is 869 g/mol. The summed E-state index contributed by atoms with van der Waals surface area (Å²) in [6, 6.07) is 7.27. The lowest BCUT2D eigenvalue weighted by molar-refractivity contribution is -0.836. The zero-order valence-corrected chi connectivity index (χ0v) is 38.6. The van der Waals surface area contributed by atoms with Crippen LogP contribution < -0.4 is 29.0 Å². The molecule has 0 N–H and O–H groups in total. The predicted octanol–water partition coefficient (Wildman–Crippen LogP) is 3.60. The summed E-state index contributed by atoms with van der Waals surface area (Å²) >= 11 is 0. The van der Waals surface area contributed by atoms with E-state index < -0.39 is 5.91 Å². The van der Waals surface area contributed by atoms with Crippen molar-refractivity contribution in [2.24, 2.45) is 40.0 Å². The Morgan fingerprint density at radius 2 is 1.06 bits per heavy atom. The summed E-state index contributed by atoms with van der Waals surface area (Å²) < 4.78 is 28.7. The van der Waals surface area contributed by atoms with Crippen molar-refractivity contribution in [1.82, 2.24) is 27.4 Å². The van der Waals surface area contributed by atoms with E-state index in [4.69, 9.17) is 0 Å². The molecule has 1 atom stereocenters. The molecular formula is C53H64N12+6. The second kappa shape index (κ2) is 15.9. The minimum absolute atomic E-state index is 0.560. The standard InChI is InChI=1S/C53H64N12/c1-54-23-27-58(37-54)19-5-9-41(10-6-20-59-28-24-55(2)38-59)31-43-33-48-35-46-16-18-51-49(32-42(11-7-21-60-29-25-56(3)39-60)12-8-22-61-30-26-57(4)40-61)50-17-15-45-34-44-13-14-47-36-52(43)65(48)53(62(44)47,63(45)50)64(46)51/h13-18,23-30,33-42H,5-12,19-22,31-32H2,1-4H3/q+6. The number of nitrogens with zero attached hydrogens (tertiary/aromatic N) is 12. The van der Waals surface area contributed by atoms with E-state index in [0.29, 0.717) is 11.8 Å². The first kappa shape index (κ1) is 40.0. The molecule has 1 unspecified atom stereocenters. The minimum Gasteiger partial charge on any atom is -0.240 e. The van der Waals surface area contributed by atoms with Crippen LogP contribution in [0.1, 0.15) is 74.7 Å². The van der Waals surface area contributed by atoms with E-state index in [-0.39, 0.29) is 0 Å². The van der Waals surface area contributed by atoms with Crippen molar-refractivity contribution < 1.29 is 27.4 Å². The van der Waals surface area contributed by atoms with E-state index in [1.165, 1.54) is 94.6 Å². The van der Waals surface area contributed by atoms with Gasteiger partial charge < -0.3 is 0 Å². The number of rotatable bonds is 20. The topological polar surface area (TPSA) is 51.1 Å². The highest BCUT2D eigenvalue weighted by Gasteiger charge is 2.71. The molecule has 6 aromatic rings. The van der Waals surface area contributed by atoms with Crippen LogP contribution in [0.4, 0.5) is 0 Å². The van der Waals surface area contributed by atoms with Gasteiger partial charge in [-0.15, -0.1) is 0 Å². The van der Waals surface area contributed by atoms with Gasteiger partial charge in [0.15, 0.2) is 0 Å². The Kier molecular flexibility index (Phi) is 9.75. The zero-order valence-electron chi connectivity index (χ0n) is 38.6. The van der Waals surface area contributed by atoms with Crippen LogP contribution in [-0.2, 0) is 66.7 Å². The molecule has 0 saturated carbocycles. The van der Waals surface area contributed by atoms with Crippen molar-refractivity contribution in [1.29, 1.82) is 0 Å². The largest absolute Gasteiger partial charge is 0.553 e. The van der Waals surface area contributed by atoms with Crippen LogP contribution in [0.15, 0.2) is 134 Å². The van der Waals surface area contributed by atoms with E-state index >= 15 is 0 Å². The molecule has 12 rings (SSSR count). The SMILES string of the molecule is C[n+]1ccn(CCCC(CCCn2cc[n+](C)c2)CC2=C3C=CC4=[N+]3C35n6c(cc(CC(CCCn7cc[n+](C)c7)CCCn7cc[n+](C)c7)c6C=c6ccc(n63)=C4)C=C3C=CC2=[N+]35)c1. The van der Waals surface area contributed by atoms with Gasteiger partial charge in [0.2, 0.25) is 48.1 Å². The van der Waals surface area contributed by atoms with Gasteiger partial charge in [-0.2, -0.15) is 9.13 Å². The first-order valence-corrected chi connectivity index (χ1v) is 24.1. The van der Waals surface area contributed by atoms with Crippen LogP contribution in [0.25, 0.3) is 18.2 Å². The second-order valence-electron chi connectivity index (χ2n) is 19.8. The molecule has 0 saturated heterocycles. The number of hydrogen-bond donors (Lipinski definition) is 0. The molecule has 0 aromatic carbocycles. The fourth-order valence-electron chi connectivity index (χ4n) is 12.1. The van der Waals surface area contributed by atoms with Crippen LogP contribution in [0.5, 0.6) is 0 Å². The van der Waals surface area contributed by atoms with Crippen molar-refractivity contribution in [3.63, 3.8) is 0 Å². The Hall–Kier alpha value is -6.56. The number of aromatic nitrogens is 10. The number of aryl methyl sites for hydroxylation is 8. The average Bonchev–Trinajstić information content (AvgIpc) is 4.15. The van der Waals surface area contributed by atoms with Crippen LogP contribution in [-0.4, -0.2) is 48.0 Å². The first-order chi connectivity index (χ1) is 31.8. The third-order valence-electron chi connectivity index (χ3n) is 15.0. The maximum atomic E-state index is 2.72. The first-order valence-electron chi connectivity index (χ1n) is 24.1. The molecule has 12 heterocycles. The van der Waals surface area contributed by atoms with E-state index in [1.54, 1.807) is 0 Å². The monoisotopic (exact) mass is 869 g/mol. The van der Waals surface area contributed by atoms with E-state index in [9.17, 15) is 0 Å². The van der Waals surface area contributed by atoms with E-state index in [0.717, 1.165) is 51.9 Å². The highest BCUT2D eigenvalue weighted by molar-refractivity contribution is 6.17.